The van der Waals surface area contributed by atoms with Crippen molar-refractivity contribution in [3.05, 3.63) is 36.2 Å². The van der Waals surface area contributed by atoms with Crippen LogP contribution in [0.4, 0.5) is 0 Å². The van der Waals surface area contributed by atoms with Crippen LogP contribution in [0.25, 0.3) is 5.95 Å². The summed E-state index contributed by atoms with van der Waals surface area (Å²) in [5.74, 6) is 0.402. The molecule has 0 fully saturated rings. The quantitative estimate of drug-likeness (QED) is 0.539. The smallest absolute Gasteiger partial charge is 0.235 e. The number of nitrogen functional groups attached to an aromatic ring is 1. The lowest BCUT2D eigenvalue weighted by molar-refractivity contribution is 0.904. The molecule has 0 aliphatic rings. The third kappa shape index (κ3) is 1.83. The van der Waals surface area contributed by atoms with Gasteiger partial charge in [0.05, 0.1) is 0 Å². The monoisotopic (exact) mass is 202 g/mol. The fraction of sp³-hybridized carbons (Fsp3) is 0.111. The number of rotatable bonds is 2. The van der Waals surface area contributed by atoms with E-state index in [4.69, 9.17) is 11.1 Å². The highest BCUT2D eigenvalue weighted by Crippen LogP contribution is 2.04. The maximum absolute atomic E-state index is 7.32. The topological polar surface area (TPSA) is 93.5 Å². The Balaban J connectivity index is 2.54. The summed E-state index contributed by atoms with van der Waals surface area (Å²) in [5.41, 5.74) is 6.56. The van der Waals surface area contributed by atoms with Crippen molar-refractivity contribution in [3.8, 4) is 5.95 Å². The Labute approximate surface area is 86.3 Å². The van der Waals surface area contributed by atoms with E-state index in [-0.39, 0.29) is 5.84 Å². The third-order valence-corrected chi connectivity index (χ3v) is 1.85. The van der Waals surface area contributed by atoms with Crippen LogP contribution < -0.4 is 5.73 Å². The van der Waals surface area contributed by atoms with Gasteiger partial charge in [0.25, 0.3) is 0 Å². The van der Waals surface area contributed by atoms with Crippen LogP contribution in [-0.4, -0.2) is 25.4 Å². The van der Waals surface area contributed by atoms with Gasteiger partial charge in [-0.05, 0) is 13.0 Å². The molecule has 3 N–H and O–H groups in total. The normalized spacial score (nSPS) is 10.2. The number of hydrogen-bond acceptors (Lipinski definition) is 4. The van der Waals surface area contributed by atoms with Crippen molar-refractivity contribution < 1.29 is 0 Å². The first-order valence-corrected chi connectivity index (χ1v) is 4.35. The highest BCUT2D eigenvalue weighted by atomic mass is 15.2. The van der Waals surface area contributed by atoms with Crippen LogP contribution in [0, 0.1) is 12.3 Å². The van der Waals surface area contributed by atoms with Crippen LogP contribution in [0.2, 0.25) is 0 Å². The Kier molecular flexibility index (Phi) is 2.17. The van der Waals surface area contributed by atoms with Gasteiger partial charge in [-0.25, -0.2) is 15.0 Å². The van der Waals surface area contributed by atoms with E-state index < -0.39 is 0 Å². The fourth-order valence-electron chi connectivity index (χ4n) is 1.18. The number of aryl methyl sites for hydroxylation is 1. The van der Waals surface area contributed by atoms with Crippen LogP contribution in [0.15, 0.2) is 24.8 Å². The molecule has 0 aliphatic heterocycles. The number of nitrogens with one attached hydrogen (secondary N) is 1. The van der Waals surface area contributed by atoms with Crippen molar-refractivity contribution >= 4 is 5.84 Å². The van der Waals surface area contributed by atoms with Gasteiger partial charge in [-0.3, -0.25) is 9.98 Å². The predicted molar refractivity (Wildman–Crippen MR) is 54.9 cm³/mol. The standard InChI is InChI=1S/C9H10N6/c1-6-4-7(8(10)11)14-9(13-6)15-3-2-12-5-15/h2-5H,1H3,(H3,10,11). The van der Waals surface area contributed by atoms with Gasteiger partial charge < -0.3 is 5.73 Å². The molecule has 0 spiro atoms. The summed E-state index contributed by atoms with van der Waals surface area (Å²) in [5, 5.41) is 7.32. The summed E-state index contributed by atoms with van der Waals surface area (Å²) in [6, 6.07) is 1.67. The lowest BCUT2D eigenvalue weighted by Gasteiger charge is -2.04. The fourth-order valence-corrected chi connectivity index (χ4v) is 1.18. The average molecular weight is 202 g/mol. The number of nitrogens with two attached hydrogens (primary N) is 1. The largest absolute Gasteiger partial charge is 0.382 e. The van der Waals surface area contributed by atoms with Crippen LogP contribution >= 0.6 is 0 Å². The second kappa shape index (κ2) is 3.49. The van der Waals surface area contributed by atoms with Crippen molar-refractivity contribution in [2.75, 3.05) is 0 Å². The minimum absolute atomic E-state index is 0.0677. The van der Waals surface area contributed by atoms with Crippen LogP contribution in [-0.2, 0) is 0 Å². The van der Waals surface area contributed by atoms with Gasteiger partial charge in [0.2, 0.25) is 5.95 Å². The molecule has 15 heavy (non-hydrogen) atoms. The number of aromatic nitrogens is 4. The van der Waals surface area contributed by atoms with E-state index in [1.54, 1.807) is 29.4 Å². The summed E-state index contributed by atoms with van der Waals surface area (Å²) in [6.45, 7) is 1.83. The van der Waals surface area contributed by atoms with Crippen LogP contribution in [0.5, 0.6) is 0 Å². The molecule has 6 nitrogen and oxygen atoms in total. The number of amidine groups is 1. The average Bonchev–Trinajstić information content (AvgIpc) is 2.69. The minimum atomic E-state index is -0.0677. The molecule has 2 heterocycles. The minimum Gasteiger partial charge on any atom is -0.382 e. The zero-order valence-corrected chi connectivity index (χ0v) is 8.18. The van der Waals surface area contributed by atoms with Crippen LogP contribution in [0.3, 0.4) is 0 Å². The summed E-state index contributed by atoms with van der Waals surface area (Å²) < 4.78 is 1.67. The summed E-state index contributed by atoms with van der Waals surface area (Å²) in [7, 11) is 0. The molecule has 0 saturated carbocycles. The molecule has 0 aliphatic carbocycles. The zero-order chi connectivity index (χ0) is 10.8. The molecular weight excluding hydrogens is 192 g/mol. The first kappa shape index (κ1) is 9.32. The lowest BCUT2D eigenvalue weighted by Crippen LogP contribution is -2.15. The Hall–Kier alpha value is -2.24. The molecule has 0 unspecified atom stereocenters. The molecule has 2 aromatic heterocycles. The van der Waals surface area contributed by atoms with Crippen molar-refractivity contribution in [2.24, 2.45) is 5.73 Å². The molecular formula is C9H10N6. The lowest BCUT2D eigenvalue weighted by atomic mass is 10.3. The van der Waals surface area contributed by atoms with E-state index in [9.17, 15) is 0 Å². The summed E-state index contributed by atoms with van der Waals surface area (Å²) in [6.07, 6.45) is 4.97. The third-order valence-electron chi connectivity index (χ3n) is 1.85. The molecule has 0 bridgehead atoms. The van der Waals surface area contributed by atoms with Gasteiger partial charge in [0.15, 0.2) is 0 Å². The predicted octanol–water partition coefficient (Wildman–Crippen LogP) is 0.255. The number of hydrogen-bond donors (Lipinski definition) is 2. The molecule has 0 aromatic carbocycles. The summed E-state index contributed by atoms with van der Waals surface area (Å²) in [4.78, 5) is 12.3. The number of nitrogens with zero attached hydrogens (tertiary/aromatic N) is 4. The van der Waals surface area contributed by atoms with Crippen molar-refractivity contribution in [2.45, 2.75) is 6.92 Å². The van der Waals surface area contributed by atoms with E-state index in [1.165, 1.54) is 0 Å². The van der Waals surface area contributed by atoms with E-state index in [0.717, 1.165) is 5.69 Å². The summed E-state index contributed by atoms with van der Waals surface area (Å²) >= 11 is 0. The molecule has 6 heteroatoms. The Morgan fingerprint density at radius 1 is 1.47 bits per heavy atom. The first-order chi connectivity index (χ1) is 7.16. The molecule has 0 atom stereocenters. The van der Waals surface area contributed by atoms with E-state index in [1.807, 2.05) is 6.92 Å². The maximum Gasteiger partial charge on any atom is 0.235 e. The molecule has 76 valence electrons. The van der Waals surface area contributed by atoms with Crippen LogP contribution in [0.1, 0.15) is 11.4 Å². The SMILES string of the molecule is Cc1cc(C(=N)N)nc(-n2ccnc2)n1. The molecule has 0 amide bonds. The van der Waals surface area contributed by atoms with Gasteiger partial charge in [0.1, 0.15) is 17.9 Å². The Morgan fingerprint density at radius 2 is 2.27 bits per heavy atom. The van der Waals surface area contributed by atoms with Crippen molar-refractivity contribution in [1.82, 2.24) is 19.5 Å². The van der Waals surface area contributed by atoms with Crippen molar-refractivity contribution in [1.29, 1.82) is 5.41 Å². The highest BCUT2D eigenvalue weighted by molar-refractivity contribution is 5.93. The Bertz CT molecular complexity index is 487. The molecule has 0 radical (unpaired) electrons. The molecule has 2 rings (SSSR count). The first-order valence-electron chi connectivity index (χ1n) is 4.35. The Morgan fingerprint density at radius 3 is 2.87 bits per heavy atom. The van der Waals surface area contributed by atoms with E-state index in [2.05, 4.69) is 15.0 Å². The maximum atomic E-state index is 7.32. The second-order valence-electron chi connectivity index (χ2n) is 3.08. The van der Waals surface area contributed by atoms with Gasteiger partial charge in [-0.2, -0.15) is 0 Å². The van der Waals surface area contributed by atoms with E-state index >= 15 is 0 Å². The van der Waals surface area contributed by atoms with Gasteiger partial charge in [-0.15, -0.1) is 0 Å². The van der Waals surface area contributed by atoms with Gasteiger partial charge in [0, 0.05) is 18.1 Å². The zero-order valence-electron chi connectivity index (χ0n) is 8.18. The van der Waals surface area contributed by atoms with Crippen molar-refractivity contribution in [3.63, 3.8) is 0 Å². The molecule has 2 aromatic rings. The highest BCUT2D eigenvalue weighted by Gasteiger charge is 2.05. The second-order valence-corrected chi connectivity index (χ2v) is 3.08. The van der Waals surface area contributed by atoms with Gasteiger partial charge in [-0.1, -0.05) is 0 Å². The molecule has 0 saturated heterocycles. The van der Waals surface area contributed by atoms with E-state index in [0.29, 0.717) is 11.6 Å². The number of imidazole rings is 1. The van der Waals surface area contributed by atoms with Gasteiger partial charge >= 0.3 is 0 Å².